The lowest BCUT2D eigenvalue weighted by Crippen LogP contribution is -2.47. The fourth-order valence-electron chi connectivity index (χ4n) is 4.07. The van der Waals surface area contributed by atoms with Gasteiger partial charge in [0.05, 0.1) is 24.9 Å². The van der Waals surface area contributed by atoms with Crippen LogP contribution in [0.1, 0.15) is 50.3 Å². The summed E-state index contributed by atoms with van der Waals surface area (Å²) in [6, 6.07) is 0.345. The van der Waals surface area contributed by atoms with E-state index >= 15 is 0 Å². The van der Waals surface area contributed by atoms with Crippen molar-refractivity contribution in [2.45, 2.75) is 62.2 Å². The van der Waals surface area contributed by atoms with Crippen LogP contribution in [0.2, 0.25) is 0 Å². The van der Waals surface area contributed by atoms with Crippen LogP contribution < -0.4 is 0 Å². The maximum atomic E-state index is 13.0. The third-order valence-corrected chi connectivity index (χ3v) is 7.49. The van der Waals surface area contributed by atoms with Crippen molar-refractivity contribution < 1.29 is 17.9 Å². The van der Waals surface area contributed by atoms with E-state index in [2.05, 4.69) is 5.10 Å². The van der Waals surface area contributed by atoms with Crippen molar-refractivity contribution in [3.63, 3.8) is 0 Å². The minimum atomic E-state index is -3.51. The Morgan fingerprint density at radius 1 is 1.17 bits per heavy atom. The second kappa shape index (κ2) is 6.09. The normalized spacial score (nSPS) is 25.7. The number of piperidine rings is 1. The van der Waals surface area contributed by atoms with E-state index < -0.39 is 15.8 Å². The molecule has 1 spiro atoms. The molecule has 0 aromatic carbocycles. The highest BCUT2D eigenvalue weighted by molar-refractivity contribution is 7.89. The van der Waals surface area contributed by atoms with Gasteiger partial charge in [-0.3, -0.25) is 4.68 Å². The van der Waals surface area contributed by atoms with Crippen molar-refractivity contribution in [2.24, 2.45) is 0 Å². The Hall–Kier alpha value is -0.960. The Bertz CT molecular complexity index is 693. The number of sulfonamides is 1. The molecule has 24 heavy (non-hydrogen) atoms. The van der Waals surface area contributed by atoms with Gasteiger partial charge < -0.3 is 9.47 Å². The van der Waals surface area contributed by atoms with Crippen LogP contribution in [0, 0.1) is 6.92 Å². The van der Waals surface area contributed by atoms with E-state index in [4.69, 9.17) is 9.47 Å². The SMILES string of the molecule is Cc1nn(C2CCCC2)cc1S(=O)(=O)N1CCC2(CC1)OCCO2. The van der Waals surface area contributed by atoms with E-state index in [9.17, 15) is 8.42 Å². The summed E-state index contributed by atoms with van der Waals surface area (Å²) in [5.41, 5.74) is 0.593. The highest BCUT2D eigenvalue weighted by Crippen LogP contribution is 2.35. The molecule has 0 atom stereocenters. The first-order valence-electron chi connectivity index (χ1n) is 8.84. The van der Waals surface area contributed by atoms with E-state index in [1.165, 1.54) is 12.8 Å². The van der Waals surface area contributed by atoms with Crippen LogP contribution in [-0.4, -0.2) is 54.6 Å². The first-order valence-corrected chi connectivity index (χ1v) is 10.3. The summed E-state index contributed by atoms with van der Waals surface area (Å²) in [5, 5.41) is 4.49. The van der Waals surface area contributed by atoms with Gasteiger partial charge in [-0.05, 0) is 19.8 Å². The topological polar surface area (TPSA) is 73.7 Å². The highest BCUT2D eigenvalue weighted by Gasteiger charge is 2.43. The smallest absolute Gasteiger partial charge is 0.246 e. The van der Waals surface area contributed by atoms with Crippen molar-refractivity contribution in [1.82, 2.24) is 14.1 Å². The van der Waals surface area contributed by atoms with Gasteiger partial charge in [0.25, 0.3) is 0 Å². The molecule has 1 saturated carbocycles. The fourth-order valence-corrected chi connectivity index (χ4v) is 5.66. The predicted molar refractivity (Wildman–Crippen MR) is 87.1 cm³/mol. The maximum Gasteiger partial charge on any atom is 0.246 e. The number of ether oxygens (including phenoxy) is 2. The van der Waals surface area contributed by atoms with Crippen LogP contribution >= 0.6 is 0 Å². The van der Waals surface area contributed by atoms with Crippen LogP contribution in [0.5, 0.6) is 0 Å². The van der Waals surface area contributed by atoms with Gasteiger partial charge in [-0.25, -0.2) is 8.42 Å². The largest absolute Gasteiger partial charge is 0.347 e. The molecule has 2 saturated heterocycles. The number of rotatable bonds is 3. The fraction of sp³-hybridized carbons (Fsp3) is 0.812. The summed E-state index contributed by atoms with van der Waals surface area (Å²) in [6.45, 7) is 3.83. The lowest BCUT2D eigenvalue weighted by atomic mass is 10.1. The van der Waals surface area contributed by atoms with Gasteiger partial charge in [-0.1, -0.05) is 12.8 Å². The molecule has 0 radical (unpaired) electrons. The Morgan fingerprint density at radius 2 is 1.79 bits per heavy atom. The quantitative estimate of drug-likeness (QED) is 0.827. The van der Waals surface area contributed by atoms with Crippen LogP contribution in [0.25, 0.3) is 0 Å². The molecule has 3 heterocycles. The van der Waals surface area contributed by atoms with Crippen molar-refractivity contribution in [3.05, 3.63) is 11.9 Å². The van der Waals surface area contributed by atoms with Crippen LogP contribution in [0.15, 0.2) is 11.1 Å². The van der Waals surface area contributed by atoms with E-state index in [0.717, 1.165) is 12.8 Å². The van der Waals surface area contributed by atoms with Crippen LogP contribution in [0.3, 0.4) is 0 Å². The molecule has 1 aromatic rings. The Kier molecular flexibility index (Phi) is 4.19. The summed E-state index contributed by atoms with van der Waals surface area (Å²) in [6.07, 6.45) is 7.46. The predicted octanol–water partition coefficient (Wildman–Crippen LogP) is 1.83. The van der Waals surface area contributed by atoms with Crippen molar-refractivity contribution in [2.75, 3.05) is 26.3 Å². The summed E-state index contributed by atoms with van der Waals surface area (Å²) in [7, 11) is -3.51. The molecule has 3 fully saturated rings. The lowest BCUT2D eigenvalue weighted by Gasteiger charge is -2.36. The third kappa shape index (κ3) is 2.79. The van der Waals surface area contributed by atoms with E-state index in [0.29, 0.717) is 55.8 Å². The van der Waals surface area contributed by atoms with Crippen molar-refractivity contribution in [3.8, 4) is 0 Å². The Labute approximate surface area is 143 Å². The number of hydrogen-bond acceptors (Lipinski definition) is 5. The van der Waals surface area contributed by atoms with E-state index in [1.54, 1.807) is 17.4 Å². The first kappa shape index (κ1) is 16.5. The molecule has 0 bridgehead atoms. The molecule has 8 heteroatoms. The minimum Gasteiger partial charge on any atom is -0.347 e. The van der Waals surface area contributed by atoms with Crippen molar-refractivity contribution >= 4 is 10.0 Å². The molecule has 0 unspecified atom stereocenters. The van der Waals surface area contributed by atoms with Gasteiger partial charge in [0, 0.05) is 32.1 Å². The maximum absolute atomic E-state index is 13.0. The molecule has 7 nitrogen and oxygen atoms in total. The molecule has 4 rings (SSSR count). The third-order valence-electron chi connectivity index (χ3n) is 5.49. The zero-order chi connectivity index (χ0) is 16.8. The number of hydrogen-bond donors (Lipinski definition) is 0. The number of nitrogens with zero attached hydrogens (tertiary/aromatic N) is 3. The molecule has 0 N–H and O–H groups in total. The highest BCUT2D eigenvalue weighted by atomic mass is 32.2. The van der Waals surface area contributed by atoms with E-state index in [1.807, 2.05) is 4.68 Å². The molecule has 0 amide bonds. The standard InChI is InChI=1S/C16H25N3O4S/c1-13-15(12-19(17-13)14-4-2-3-5-14)24(20,21)18-8-6-16(7-9-18)22-10-11-23-16/h12,14H,2-11H2,1H3. The molecular formula is C16H25N3O4S. The Balaban J connectivity index is 1.52. The van der Waals surface area contributed by atoms with Crippen LogP contribution in [0.4, 0.5) is 0 Å². The summed E-state index contributed by atoms with van der Waals surface area (Å²) in [5.74, 6) is -0.560. The van der Waals surface area contributed by atoms with Gasteiger partial charge in [-0.15, -0.1) is 0 Å². The van der Waals surface area contributed by atoms with Gasteiger partial charge >= 0.3 is 0 Å². The first-order chi connectivity index (χ1) is 11.5. The zero-order valence-electron chi connectivity index (χ0n) is 14.1. The molecule has 1 aromatic heterocycles. The van der Waals surface area contributed by atoms with Crippen molar-refractivity contribution in [1.29, 1.82) is 0 Å². The number of aromatic nitrogens is 2. The average Bonchev–Trinajstić information content (AvgIpc) is 3.28. The average molecular weight is 355 g/mol. The molecular weight excluding hydrogens is 330 g/mol. The minimum absolute atomic E-state index is 0.345. The summed E-state index contributed by atoms with van der Waals surface area (Å²) in [4.78, 5) is 0.346. The molecule has 3 aliphatic rings. The van der Waals surface area contributed by atoms with Gasteiger partial charge in [0.2, 0.25) is 10.0 Å². The second-order valence-corrected chi connectivity index (χ2v) is 8.92. The summed E-state index contributed by atoms with van der Waals surface area (Å²) >= 11 is 0. The molecule has 2 aliphatic heterocycles. The van der Waals surface area contributed by atoms with Crippen LogP contribution in [-0.2, 0) is 19.5 Å². The number of aryl methyl sites for hydroxylation is 1. The molecule has 134 valence electrons. The monoisotopic (exact) mass is 355 g/mol. The molecule has 1 aliphatic carbocycles. The van der Waals surface area contributed by atoms with Gasteiger partial charge in [0.1, 0.15) is 4.90 Å². The second-order valence-electron chi connectivity index (χ2n) is 7.01. The lowest BCUT2D eigenvalue weighted by molar-refractivity contribution is -0.179. The zero-order valence-corrected chi connectivity index (χ0v) is 14.9. The van der Waals surface area contributed by atoms with E-state index in [-0.39, 0.29) is 0 Å². The summed E-state index contributed by atoms with van der Waals surface area (Å²) < 4.78 is 40.8. The Morgan fingerprint density at radius 3 is 2.42 bits per heavy atom. The van der Waals surface area contributed by atoms with Gasteiger partial charge in [0.15, 0.2) is 5.79 Å². The van der Waals surface area contributed by atoms with Gasteiger partial charge in [-0.2, -0.15) is 9.40 Å².